The molecule has 5 rings (SSSR count). The molecule has 4 aliphatic carbocycles. The molecule has 25 heavy (non-hydrogen) atoms. The van der Waals surface area contributed by atoms with E-state index in [0.717, 1.165) is 36.9 Å². The zero-order valence-corrected chi connectivity index (χ0v) is 16.7. The van der Waals surface area contributed by atoms with Crippen molar-refractivity contribution in [3.05, 3.63) is 0 Å². The Morgan fingerprint density at radius 3 is 2.24 bits per heavy atom. The van der Waals surface area contributed by atoms with E-state index in [0.29, 0.717) is 16.7 Å². The van der Waals surface area contributed by atoms with Crippen LogP contribution in [-0.2, 0) is 9.47 Å². The van der Waals surface area contributed by atoms with E-state index in [1.807, 2.05) is 0 Å². The molecule has 1 saturated heterocycles. The molecule has 142 valence electrons. The van der Waals surface area contributed by atoms with Gasteiger partial charge in [-0.2, -0.15) is 0 Å². The normalized spacial score (nSPS) is 54.6. The summed E-state index contributed by atoms with van der Waals surface area (Å²) in [5, 5.41) is 0. The Kier molecular flexibility index (Phi) is 3.89. The first-order chi connectivity index (χ1) is 12.0. The van der Waals surface area contributed by atoms with Crippen molar-refractivity contribution in [2.45, 2.75) is 90.8 Å². The fraction of sp³-hybridized carbons (Fsp3) is 1.00. The molecule has 4 saturated carbocycles. The molecule has 0 spiro atoms. The lowest BCUT2D eigenvalue weighted by Crippen LogP contribution is -2.54. The maximum Gasteiger partial charge on any atom is 0.169 e. The van der Waals surface area contributed by atoms with Crippen molar-refractivity contribution in [2.24, 2.45) is 40.4 Å². The Hall–Kier alpha value is -0.0800. The monoisotopic (exact) mass is 346 g/mol. The van der Waals surface area contributed by atoms with E-state index in [4.69, 9.17) is 9.47 Å². The quantitative estimate of drug-likeness (QED) is 0.597. The van der Waals surface area contributed by atoms with Crippen LogP contribution in [-0.4, -0.2) is 19.0 Å². The van der Waals surface area contributed by atoms with E-state index < -0.39 is 0 Å². The van der Waals surface area contributed by atoms with Crippen LogP contribution in [0.25, 0.3) is 0 Å². The van der Waals surface area contributed by atoms with Crippen molar-refractivity contribution in [1.82, 2.24) is 0 Å². The highest BCUT2D eigenvalue weighted by atomic mass is 16.7. The van der Waals surface area contributed by atoms with Crippen LogP contribution in [0.15, 0.2) is 0 Å². The fourth-order valence-corrected chi connectivity index (χ4v) is 8.89. The van der Waals surface area contributed by atoms with Crippen molar-refractivity contribution < 1.29 is 9.47 Å². The maximum absolute atomic E-state index is 6.16. The summed E-state index contributed by atoms with van der Waals surface area (Å²) in [5.74, 6) is 4.23. The molecule has 5 aliphatic rings. The molecule has 2 heteroatoms. The SMILES string of the molecule is CC1(C2CCC3C4CCC5CCCC[C@]5(C)C4CC[C@@]32C)OCCO1. The first-order valence-corrected chi connectivity index (χ1v) is 11.3. The molecule has 0 aromatic rings. The molecule has 1 heterocycles. The highest BCUT2D eigenvalue weighted by Crippen LogP contribution is 2.69. The summed E-state index contributed by atoms with van der Waals surface area (Å²) >= 11 is 0. The Morgan fingerprint density at radius 2 is 1.44 bits per heavy atom. The summed E-state index contributed by atoms with van der Waals surface area (Å²) in [6, 6.07) is 0. The zero-order valence-electron chi connectivity index (χ0n) is 16.7. The minimum atomic E-state index is -0.303. The van der Waals surface area contributed by atoms with Crippen molar-refractivity contribution in [3.63, 3.8) is 0 Å². The molecule has 0 aromatic heterocycles. The molecule has 5 fully saturated rings. The highest BCUT2D eigenvalue weighted by molar-refractivity contribution is 5.10. The number of hydrogen-bond donors (Lipinski definition) is 0. The highest BCUT2D eigenvalue weighted by Gasteiger charge is 2.63. The average molecular weight is 347 g/mol. The van der Waals surface area contributed by atoms with Gasteiger partial charge in [-0.15, -0.1) is 0 Å². The van der Waals surface area contributed by atoms with Crippen molar-refractivity contribution in [3.8, 4) is 0 Å². The van der Waals surface area contributed by atoms with Gasteiger partial charge in [0.2, 0.25) is 0 Å². The first-order valence-electron chi connectivity index (χ1n) is 11.3. The lowest BCUT2D eigenvalue weighted by Gasteiger charge is -2.61. The van der Waals surface area contributed by atoms with Crippen molar-refractivity contribution >= 4 is 0 Å². The van der Waals surface area contributed by atoms with Crippen LogP contribution >= 0.6 is 0 Å². The van der Waals surface area contributed by atoms with Gasteiger partial charge in [0.1, 0.15) is 0 Å². The Bertz CT molecular complexity index is 524. The third-order valence-electron chi connectivity index (χ3n) is 10.1. The second-order valence-electron chi connectivity index (χ2n) is 10.8. The Morgan fingerprint density at radius 1 is 0.680 bits per heavy atom. The summed E-state index contributed by atoms with van der Waals surface area (Å²) in [6.07, 6.45) is 14.7. The predicted octanol–water partition coefficient (Wildman–Crippen LogP) is 5.80. The van der Waals surface area contributed by atoms with Gasteiger partial charge in [-0.05, 0) is 92.8 Å². The molecule has 0 bridgehead atoms. The maximum atomic E-state index is 6.16. The predicted molar refractivity (Wildman–Crippen MR) is 100 cm³/mol. The van der Waals surface area contributed by atoms with Crippen LogP contribution in [0.2, 0.25) is 0 Å². The van der Waals surface area contributed by atoms with Crippen molar-refractivity contribution in [2.75, 3.05) is 13.2 Å². The molecular weight excluding hydrogens is 308 g/mol. The third-order valence-corrected chi connectivity index (χ3v) is 10.1. The van der Waals surface area contributed by atoms with E-state index >= 15 is 0 Å². The fourth-order valence-electron chi connectivity index (χ4n) is 8.89. The smallest absolute Gasteiger partial charge is 0.169 e. The van der Waals surface area contributed by atoms with E-state index in [-0.39, 0.29) is 5.79 Å². The van der Waals surface area contributed by atoms with E-state index in [1.54, 1.807) is 0 Å². The van der Waals surface area contributed by atoms with Gasteiger partial charge in [0.15, 0.2) is 5.79 Å². The average Bonchev–Trinajstić information content (AvgIpc) is 3.18. The van der Waals surface area contributed by atoms with Crippen molar-refractivity contribution in [1.29, 1.82) is 0 Å². The summed E-state index contributed by atoms with van der Waals surface area (Å²) in [5.41, 5.74) is 1.10. The van der Waals surface area contributed by atoms with Crippen LogP contribution in [0.5, 0.6) is 0 Å². The molecule has 0 radical (unpaired) electrons. The second-order valence-corrected chi connectivity index (χ2v) is 10.8. The van der Waals surface area contributed by atoms with Gasteiger partial charge in [0, 0.05) is 5.92 Å². The topological polar surface area (TPSA) is 18.5 Å². The summed E-state index contributed by atoms with van der Waals surface area (Å²) in [7, 11) is 0. The number of rotatable bonds is 1. The van der Waals surface area contributed by atoms with Crippen LogP contribution in [0.1, 0.15) is 85.0 Å². The van der Waals surface area contributed by atoms with Gasteiger partial charge in [-0.3, -0.25) is 0 Å². The standard InChI is InChI=1S/C23H38O2/c1-21-12-5-4-6-16(21)7-8-17-18-9-10-20(23(3)24-14-15-25-23)22(18,2)13-11-19(17)21/h16-20H,4-15H2,1-3H3/t16?,17?,18?,19?,20?,21-,22-/m0/s1. The minimum absolute atomic E-state index is 0.303. The van der Waals surface area contributed by atoms with Gasteiger partial charge in [0.05, 0.1) is 13.2 Å². The summed E-state index contributed by atoms with van der Waals surface area (Å²) < 4.78 is 12.3. The third kappa shape index (κ3) is 2.29. The lowest BCUT2D eigenvalue weighted by molar-refractivity contribution is -0.218. The molecular formula is C23H38O2. The second kappa shape index (κ2) is 5.71. The molecule has 0 aromatic carbocycles. The molecule has 0 amide bonds. The Labute approximate surface area is 154 Å². The Balaban J connectivity index is 1.43. The van der Waals surface area contributed by atoms with Gasteiger partial charge in [-0.1, -0.05) is 26.7 Å². The molecule has 0 N–H and O–H groups in total. The van der Waals surface area contributed by atoms with Crippen LogP contribution in [0.3, 0.4) is 0 Å². The van der Waals surface area contributed by atoms with E-state index in [9.17, 15) is 0 Å². The zero-order chi connectivity index (χ0) is 17.3. The van der Waals surface area contributed by atoms with E-state index in [2.05, 4.69) is 20.8 Å². The number of hydrogen-bond acceptors (Lipinski definition) is 2. The number of fused-ring (bicyclic) bond motifs is 5. The number of ether oxygens (including phenoxy) is 2. The minimum Gasteiger partial charge on any atom is -0.348 e. The molecule has 7 atom stereocenters. The lowest BCUT2D eigenvalue weighted by atomic mass is 9.44. The van der Waals surface area contributed by atoms with Crippen LogP contribution in [0, 0.1) is 40.4 Å². The summed E-state index contributed by atoms with van der Waals surface area (Å²) in [4.78, 5) is 0. The first kappa shape index (κ1) is 17.0. The molecule has 2 nitrogen and oxygen atoms in total. The van der Waals surface area contributed by atoms with Crippen LogP contribution in [0.4, 0.5) is 0 Å². The van der Waals surface area contributed by atoms with Gasteiger partial charge in [-0.25, -0.2) is 0 Å². The summed E-state index contributed by atoms with van der Waals surface area (Å²) in [6.45, 7) is 9.12. The van der Waals surface area contributed by atoms with Gasteiger partial charge < -0.3 is 9.47 Å². The van der Waals surface area contributed by atoms with Crippen LogP contribution < -0.4 is 0 Å². The molecule has 5 unspecified atom stereocenters. The van der Waals surface area contributed by atoms with E-state index in [1.165, 1.54) is 64.2 Å². The largest absolute Gasteiger partial charge is 0.348 e. The van der Waals surface area contributed by atoms with Gasteiger partial charge in [0.25, 0.3) is 0 Å². The van der Waals surface area contributed by atoms with Gasteiger partial charge >= 0.3 is 0 Å². The molecule has 1 aliphatic heterocycles.